The molecule has 2 nitrogen and oxygen atoms in total. The maximum absolute atomic E-state index is 14.0. The van der Waals surface area contributed by atoms with Gasteiger partial charge >= 0.3 is 0 Å². The Morgan fingerprint density at radius 1 is 0.962 bits per heavy atom. The Hall–Kier alpha value is -1.53. The molecule has 1 rings (SSSR count). The van der Waals surface area contributed by atoms with Crippen LogP contribution >= 0.6 is 0 Å². The average Bonchev–Trinajstić information content (AvgIpc) is 2.58. The molecule has 0 amide bonds. The van der Waals surface area contributed by atoms with Crippen LogP contribution in [-0.2, 0) is 0 Å². The first-order valence-electron chi connectivity index (χ1n) is 10.1. The molecule has 1 aromatic rings. The van der Waals surface area contributed by atoms with Gasteiger partial charge in [0.1, 0.15) is 5.60 Å². The maximum atomic E-state index is 14.0. The number of unbranched alkanes of at least 4 members (excludes halogenated alkanes) is 9. The van der Waals surface area contributed by atoms with E-state index in [9.17, 15) is 9.50 Å². The van der Waals surface area contributed by atoms with E-state index < -0.39 is 11.4 Å². The molecule has 0 unspecified atom stereocenters. The highest BCUT2D eigenvalue weighted by Gasteiger charge is 2.07. The first kappa shape index (κ1) is 22.5. The molecule has 0 fully saturated rings. The summed E-state index contributed by atoms with van der Waals surface area (Å²) in [6, 6.07) is 4.68. The first-order chi connectivity index (χ1) is 12.4. The molecule has 146 valence electrons. The van der Waals surface area contributed by atoms with E-state index in [4.69, 9.17) is 4.74 Å². The van der Waals surface area contributed by atoms with Gasteiger partial charge in [0.2, 0.25) is 0 Å². The first-order valence-corrected chi connectivity index (χ1v) is 10.1. The summed E-state index contributed by atoms with van der Waals surface area (Å²) >= 11 is 0. The fourth-order valence-corrected chi connectivity index (χ4v) is 2.69. The van der Waals surface area contributed by atoms with Crippen LogP contribution in [0, 0.1) is 17.7 Å². The van der Waals surface area contributed by atoms with Crippen molar-refractivity contribution in [2.75, 3.05) is 6.61 Å². The van der Waals surface area contributed by atoms with Crippen LogP contribution in [0.4, 0.5) is 4.39 Å². The third-order valence-electron chi connectivity index (χ3n) is 4.20. The zero-order chi connectivity index (χ0) is 19.3. The van der Waals surface area contributed by atoms with Gasteiger partial charge in [-0.1, -0.05) is 76.6 Å². The van der Waals surface area contributed by atoms with Gasteiger partial charge in [-0.2, -0.15) is 0 Å². The van der Waals surface area contributed by atoms with Gasteiger partial charge in [-0.05, 0) is 38.5 Å². The van der Waals surface area contributed by atoms with Gasteiger partial charge in [0.15, 0.2) is 11.6 Å². The summed E-state index contributed by atoms with van der Waals surface area (Å²) in [6.07, 6.45) is 12.7. The summed E-state index contributed by atoms with van der Waals surface area (Å²) in [5.74, 6) is 5.31. The molecule has 26 heavy (non-hydrogen) atoms. The summed E-state index contributed by atoms with van der Waals surface area (Å²) in [6.45, 7) is 5.98. The Kier molecular flexibility index (Phi) is 11.1. The third-order valence-corrected chi connectivity index (χ3v) is 4.20. The monoisotopic (exact) mass is 362 g/mol. The summed E-state index contributed by atoms with van der Waals surface area (Å²) in [4.78, 5) is 0. The highest BCUT2D eigenvalue weighted by atomic mass is 19.1. The molecule has 0 aromatic heterocycles. The Bertz CT molecular complexity index is 564. The van der Waals surface area contributed by atoms with Crippen molar-refractivity contribution in [3.63, 3.8) is 0 Å². The largest absolute Gasteiger partial charge is 0.491 e. The van der Waals surface area contributed by atoms with E-state index in [0.717, 1.165) is 12.8 Å². The summed E-state index contributed by atoms with van der Waals surface area (Å²) in [7, 11) is 0. The van der Waals surface area contributed by atoms with Gasteiger partial charge in [0, 0.05) is 5.56 Å². The second kappa shape index (κ2) is 12.8. The van der Waals surface area contributed by atoms with E-state index in [0.29, 0.717) is 12.2 Å². The van der Waals surface area contributed by atoms with Crippen LogP contribution < -0.4 is 4.74 Å². The highest BCUT2D eigenvalue weighted by molar-refractivity contribution is 5.40. The summed E-state index contributed by atoms with van der Waals surface area (Å²) in [5, 5.41) is 9.58. The minimum absolute atomic E-state index is 0.273. The highest BCUT2D eigenvalue weighted by Crippen LogP contribution is 2.19. The topological polar surface area (TPSA) is 29.5 Å². The van der Waals surface area contributed by atoms with E-state index in [1.165, 1.54) is 57.4 Å². The number of halogens is 1. The van der Waals surface area contributed by atoms with E-state index in [1.54, 1.807) is 26.0 Å². The Morgan fingerprint density at radius 2 is 1.54 bits per heavy atom. The van der Waals surface area contributed by atoms with Gasteiger partial charge in [0.25, 0.3) is 0 Å². The number of rotatable bonds is 12. The van der Waals surface area contributed by atoms with Gasteiger partial charge in [-0.15, -0.1) is 0 Å². The molecule has 1 aromatic carbocycles. The second-order valence-corrected chi connectivity index (χ2v) is 7.48. The minimum Gasteiger partial charge on any atom is -0.491 e. The summed E-state index contributed by atoms with van der Waals surface area (Å²) in [5.41, 5.74) is -0.544. The second-order valence-electron chi connectivity index (χ2n) is 7.48. The number of hydrogen-bond donors (Lipinski definition) is 1. The van der Waals surface area contributed by atoms with Crippen LogP contribution in [0.2, 0.25) is 0 Å². The van der Waals surface area contributed by atoms with Gasteiger partial charge in [-0.3, -0.25) is 0 Å². The summed E-state index contributed by atoms with van der Waals surface area (Å²) < 4.78 is 19.6. The molecule has 0 bridgehead atoms. The van der Waals surface area contributed by atoms with Crippen LogP contribution in [0.5, 0.6) is 5.75 Å². The lowest BCUT2D eigenvalue weighted by atomic mass is 10.1. The van der Waals surface area contributed by atoms with Crippen LogP contribution in [0.15, 0.2) is 18.2 Å². The lowest BCUT2D eigenvalue weighted by Crippen LogP contribution is -2.14. The minimum atomic E-state index is -1.08. The van der Waals surface area contributed by atoms with Crippen molar-refractivity contribution in [1.29, 1.82) is 0 Å². The van der Waals surface area contributed by atoms with Gasteiger partial charge in [-0.25, -0.2) is 4.39 Å². The van der Waals surface area contributed by atoms with Crippen molar-refractivity contribution >= 4 is 0 Å². The van der Waals surface area contributed by atoms with E-state index in [1.807, 2.05) is 0 Å². The van der Waals surface area contributed by atoms with Crippen LogP contribution in [0.25, 0.3) is 0 Å². The molecule has 0 heterocycles. The fraction of sp³-hybridized carbons (Fsp3) is 0.652. The van der Waals surface area contributed by atoms with E-state index >= 15 is 0 Å². The maximum Gasteiger partial charge on any atom is 0.166 e. The van der Waals surface area contributed by atoms with Crippen molar-refractivity contribution in [2.24, 2.45) is 0 Å². The predicted molar refractivity (Wildman–Crippen MR) is 107 cm³/mol. The quantitative estimate of drug-likeness (QED) is 0.352. The molecule has 0 saturated heterocycles. The lowest BCUT2D eigenvalue weighted by Gasteiger charge is -2.08. The molecule has 0 spiro atoms. The van der Waals surface area contributed by atoms with Gasteiger partial charge < -0.3 is 9.84 Å². The standard InChI is InChI=1S/C23H35FO2/c1-4-5-6-7-8-9-10-11-12-13-18-26-22-15-14-20(19-21(22)24)16-17-23(2,3)25/h14-15,19,25H,4-13,18H2,1-3H3. The number of benzene rings is 1. The Labute approximate surface area is 159 Å². The van der Waals surface area contributed by atoms with Gasteiger partial charge in [0.05, 0.1) is 6.61 Å². The van der Waals surface area contributed by atoms with Crippen molar-refractivity contribution in [1.82, 2.24) is 0 Å². The number of aliphatic hydroxyl groups is 1. The number of ether oxygens (including phenoxy) is 1. The smallest absolute Gasteiger partial charge is 0.166 e. The molecule has 0 saturated carbocycles. The third kappa shape index (κ3) is 11.2. The van der Waals surface area contributed by atoms with Crippen molar-refractivity contribution in [2.45, 2.75) is 90.6 Å². The molecule has 0 radical (unpaired) electrons. The molecular formula is C23H35FO2. The molecule has 0 aliphatic rings. The SMILES string of the molecule is CCCCCCCCCCCCOc1ccc(C#CC(C)(C)O)cc1F. The molecule has 0 atom stereocenters. The fourth-order valence-electron chi connectivity index (χ4n) is 2.69. The Morgan fingerprint density at radius 3 is 2.08 bits per heavy atom. The predicted octanol–water partition coefficient (Wildman–Crippen LogP) is 6.25. The van der Waals surface area contributed by atoms with Crippen molar-refractivity contribution < 1.29 is 14.2 Å². The molecular weight excluding hydrogens is 327 g/mol. The average molecular weight is 363 g/mol. The zero-order valence-corrected chi connectivity index (χ0v) is 16.7. The normalized spacial score (nSPS) is 11.1. The Balaban J connectivity index is 2.16. The molecule has 1 N–H and O–H groups in total. The van der Waals surface area contributed by atoms with Crippen LogP contribution in [-0.4, -0.2) is 17.3 Å². The van der Waals surface area contributed by atoms with E-state index in [-0.39, 0.29) is 5.75 Å². The van der Waals surface area contributed by atoms with Crippen LogP contribution in [0.3, 0.4) is 0 Å². The van der Waals surface area contributed by atoms with Crippen molar-refractivity contribution in [3.8, 4) is 17.6 Å². The number of hydrogen-bond acceptors (Lipinski definition) is 2. The zero-order valence-electron chi connectivity index (χ0n) is 16.7. The molecule has 3 heteroatoms. The molecule has 0 aliphatic heterocycles. The lowest BCUT2D eigenvalue weighted by molar-refractivity contribution is 0.143. The van der Waals surface area contributed by atoms with E-state index in [2.05, 4.69) is 18.8 Å². The van der Waals surface area contributed by atoms with Crippen LogP contribution in [0.1, 0.15) is 90.5 Å². The molecule has 0 aliphatic carbocycles. The van der Waals surface area contributed by atoms with Crippen molar-refractivity contribution in [3.05, 3.63) is 29.6 Å².